The number of rotatable bonds is 1. The molecular weight excluding hydrogens is 260 g/mol. The van der Waals surface area contributed by atoms with Crippen LogP contribution in [0, 0.1) is 6.92 Å². The normalized spacial score (nSPS) is 9.92. The standard InChI is InChI=1S/C8H6BrClOS/c1-5-2-3-7(6(9)4-5)12-8(10)11/h2-4H,1H3. The molecule has 64 valence electrons. The lowest BCUT2D eigenvalue weighted by atomic mass is 10.2. The van der Waals surface area contributed by atoms with Gasteiger partial charge in [-0.3, -0.25) is 4.79 Å². The van der Waals surface area contributed by atoms with Crippen molar-refractivity contribution in [3.8, 4) is 0 Å². The zero-order chi connectivity index (χ0) is 9.14. The fourth-order valence-corrected chi connectivity index (χ4v) is 2.23. The molecule has 1 aromatic carbocycles. The third-order valence-corrected chi connectivity index (χ3v) is 3.16. The molecule has 0 N–H and O–H groups in total. The van der Waals surface area contributed by atoms with Crippen LogP contribution in [0.25, 0.3) is 0 Å². The summed E-state index contributed by atoms with van der Waals surface area (Å²) in [6, 6.07) is 5.75. The summed E-state index contributed by atoms with van der Waals surface area (Å²) >= 11 is 9.58. The summed E-state index contributed by atoms with van der Waals surface area (Å²) in [6.45, 7) is 1.99. The quantitative estimate of drug-likeness (QED) is 0.559. The molecule has 0 heterocycles. The second-order valence-electron chi connectivity index (χ2n) is 2.27. The second kappa shape index (κ2) is 4.30. The van der Waals surface area contributed by atoms with Crippen molar-refractivity contribution in [1.82, 2.24) is 0 Å². The molecule has 0 bridgehead atoms. The van der Waals surface area contributed by atoms with E-state index in [9.17, 15) is 4.79 Å². The summed E-state index contributed by atoms with van der Waals surface area (Å²) in [6.07, 6.45) is 0. The van der Waals surface area contributed by atoms with E-state index in [4.69, 9.17) is 11.6 Å². The van der Waals surface area contributed by atoms with Gasteiger partial charge < -0.3 is 0 Å². The van der Waals surface area contributed by atoms with Crippen LogP contribution in [0.2, 0.25) is 0 Å². The molecule has 0 spiro atoms. The Kier molecular flexibility index (Phi) is 3.62. The van der Waals surface area contributed by atoms with Gasteiger partial charge in [-0.2, -0.15) is 0 Å². The highest BCUT2D eigenvalue weighted by Crippen LogP contribution is 2.29. The molecule has 0 fully saturated rings. The molecule has 0 aliphatic heterocycles. The van der Waals surface area contributed by atoms with E-state index in [0.717, 1.165) is 26.7 Å². The molecule has 0 aliphatic rings. The lowest BCUT2D eigenvalue weighted by Gasteiger charge is -2.00. The van der Waals surface area contributed by atoms with Gasteiger partial charge in [0.05, 0.1) is 0 Å². The molecule has 0 aromatic heterocycles. The fraction of sp³-hybridized carbons (Fsp3) is 0.125. The van der Waals surface area contributed by atoms with Crippen molar-refractivity contribution in [3.63, 3.8) is 0 Å². The van der Waals surface area contributed by atoms with Crippen LogP contribution in [0.15, 0.2) is 27.6 Å². The first-order chi connectivity index (χ1) is 5.59. The maximum Gasteiger partial charge on any atom is 0.284 e. The molecular formula is C8H6BrClOS. The highest BCUT2D eigenvalue weighted by molar-refractivity contribution is 9.10. The maximum absolute atomic E-state index is 10.6. The number of hydrogen-bond donors (Lipinski definition) is 0. The number of carbonyl (C=O) groups is 1. The van der Waals surface area contributed by atoms with Crippen molar-refractivity contribution in [2.24, 2.45) is 0 Å². The molecule has 0 saturated carbocycles. The highest BCUT2D eigenvalue weighted by atomic mass is 79.9. The fourth-order valence-electron chi connectivity index (χ4n) is 0.775. The number of carbonyl (C=O) groups excluding carboxylic acids is 1. The predicted molar refractivity (Wildman–Crippen MR) is 56.0 cm³/mol. The Morgan fingerprint density at radius 3 is 2.75 bits per heavy atom. The predicted octanol–water partition coefficient (Wildman–Crippen LogP) is 4.21. The summed E-state index contributed by atoms with van der Waals surface area (Å²) in [5, 5.41) is 0. The number of thioether (sulfide) groups is 1. The summed E-state index contributed by atoms with van der Waals surface area (Å²) < 4.78 is 0.487. The molecule has 12 heavy (non-hydrogen) atoms. The first-order valence-corrected chi connectivity index (χ1v) is 5.22. The number of aryl methyl sites for hydroxylation is 1. The molecule has 0 unspecified atom stereocenters. The summed E-state index contributed by atoms with van der Waals surface area (Å²) in [4.78, 5) is 11.4. The highest BCUT2D eigenvalue weighted by Gasteiger charge is 2.04. The average molecular weight is 266 g/mol. The van der Waals surface area contributed by atoms with Crippen LogP contribution in [0.4, 0.5) is 4.79 Å². The van der Waals surface area contributed by atoms with Gasteiger partial charge in [0.25, 0.3) is 4.57 Å². The summed E-state index contributed by atoms with van der Waals surface area (Å²) in [5.74, 6) is 0. The largest absolute Gasteiger partial charge is 0.284 e. The van der Waals surface area contributed by atoms with E-state index in [2.05, 4.69) is 15.9 Å². The Labute approximate surface area is 88.6 Å². The second-order valence-corrected chi connectivity index (χ2v) is 4.71. The minimum Gasteiger partial charge on any atom is -0.268 e. The van der Waals surface area contributed by atoms with Gasteiger partial charge in [0.15, 0.2) is 0 Å². The molecule has 4 heteroatoms. The van der Waals surface area contributed by atoms with Crippen LogP contribution in [0.1, 0.15) is 5.56 Å². The monoisotopic (exact) mass is 264 g/mol. The van der Waals surface area contributed by atoms with Crippen LogP contribution >= 0.6 is 39.3 Å². The van der Waals surface area contributed by atoms with Crippen LogP contribution < -0.4 is 0 Å². The van der Waals surface area contributed by atoms with E-state index in [1.807, 2.05) is 25.1 Å². The third-order valence-electron chi connectivity index (χ3n) is 1.28. The smallest absolute Gasteiger partial charge is 0.268 e. The molecule has 0 atom stereocenters. The van der Waals surface area contributed by atoms with Crippen molar-refractivity contribution in [2.45, 2.75) is 11.8 Å². The lowest BCUT2D eigenvalue weighted by molar-refractivity contribution is 0.276. The van der Waals surface area contributed by atoms with Crippen LogP contribution in [0.3, 0.4) is 0 Å². The third kappa shape index (κ3) is 2.81. The lowest BCUT2D eigenvalue weighted by Crippen LogP contribution is -1.79. The molecule has 1 aromatic rings. The number of benzene rings is 1. The Morgan fingerprint density at radius 1 is 1.58 bits per heavy atom. The van der Waals surface area contributed by atoms with Crippen molar-refractivity contribution >= 4 is 43.9 Å². The van der Waals surface area contributed by atoms with E-state index >= 15 is 0 Å². The van der Waals surface area contributed by atoms with E-state index in [0.29, 0.717) is 0 Å². The molecule has 0 saturated heterocycles. The van der Waals surface area contributed by atoms with E-state index in [1.54, 1.807) is 0 Å². The molecule has 0 aliphatic carbocycles. The minimum atomic E-state index is -0.417. The van der Waals surface area contributed by atoms with Crippen LogP contribution in [-0.2, 0) is 0 Å². The first-order valence-electron chi connectivity index (χ1n) is 3.23. The van der Waals surface area contributed by atoms with Crippen molar-refractivity contribution < 1.29 is 4.79 Å². The molecule has 1 rings (SSSR count). The van der Waals surface area contributed by atoms with Gasteiger partial charge in [0.1, 0.15) is 0 Å². The van der Waals surface area contributed by atoms with Gasteiger partial charge in [-0.05, 0) is 63.9 Å². The van der Waals surface area contributed by atoms with Crippen molar-refractivity contribution in [3.05, 3.63) is 28.2 Å². The Bertz CT molecular complexity index is 314. The van der Waals surface area contributed by atoms with E-state index in [1.165, 1.54) is 0 Å². The first kappa shape index (κ1) is 10.1. The Balaban J connectivity index is 2.93. The van der Waals surface area contributed by atoms with E-state index < -0.39 is 4.57 Å². The molecule has 1 nitrogen and oxygen atoms in total. The summed E-state index contributed by atoms with van der Waals surface area (Å²) in [7, 11) is 0. The van der Waals surface area contributed by atoms with Gasteiger partial charge in [0.2, 0.25) is 0 Å². The van der Waals surface area contributed by atoms with Crippen molar-refractivity contribution in [2.75, 3.05) is 0 Å². The van der Waals surface area contributed by atoms with Gasteiger partial charge in [-0.1, -0.05) is 6.07 Å². The van der Waals surface area contributed by atoms with Crippen LogP contribution in [-0.4, -0.2) is 4.57 Å². The number of hydrogen-bond acceptors (Lipinski definition) is 2. The van der Waals surface area contributed by atoms with Gasteiger partial charge in [-0.15, -0.1) is 0 Å². The van der Waals surface area contributed by atoms with Crippen molar-refractivity contribution in [1.29, 1.82) is 0 Å². The molecule has 0 radical (unpaired) electrons. The molecule has 0 amide bonds. The van der Waals surface area contributed by atoms with Gasteiger partial charge >= 0.3 is 0 Å². The van der Waals surface area contributed by atoms with E-state index in [-0.39, 0.29) is 0 Å². The average Bonchev–Trinajstić information content (AvgIpc) is 1.94. The minimum absolute atomic E-state index is 0.417. The maximum atomic E-state index is 10.6. The Hall–Kier alpha value is 0.01000. The van der Waals surface area contributed by atoms with Gasteiger partial charge in [-0.25, -0.2) is 0 Å². The number of halogens is 2. The zero-order valence-corrected chi connectivity index (χ0v) is 9.46. The summed E-state index contributed by atoms with van der Waals surface area (Å²) in [5.41, 5.74) is 1.15. The zero-order valence-electron chi connectivity index (χ0n) is 6.30. The van der Waals surface area contributed by atoms with Crippen LogP contribution in [0.5, 0.6) is 0 Å². The van der Waals surface area contributed by atoms with Gasteiger partial charge in [0, 0.05) is 9.37 Å². The SMILES string of the molecule is Cc1ccc(SC(=O)Cl)c(Br)c1. The Morgan fingerprint density at radius 2 is 2.25 bits per heavy atom. The topological polar surface area (TPSA) is 17.1 Å².